The Morgan fingerprint density at radius 2 is 1.91 bits per heavy atom. The Morgan fingerprint density at radius 1 is 1.23 bits per heavy atom. The number of benzene rings is 1. The van der Waals surface area contributed by atoms with Gasteiger partial charge in [0.2, 0.25) is 0 Å². The molecule has 2 aliphatic carbocycles. The van der Waals surface area contributed by atoms with E-state index in [-0.39, 0.29) is 11.4 Å². The molecule has 190 valence electrons. The molecule has 0 aromatic heterocycles. The van der Waals surface area contributed by atoms with Gasteiger partial charge in [0.25, 0.3) is 0 Å². The molecule has 5 aliphatic rings. The first-order valence-electron chi connectivity index (χ1n) is 13.2. The summed E-state index contributed by atoms with van der Waals surface area (Å²) in [7, 11) is 0. The number of hydrogen-bond donors (Lipinski definition) is 1. The zero-order valence-corrected chi connectivity index (χ0v) is 20.8. The Balaban J connectivity index is 1.10. The minimum Gasteiger partial charge on any atom is -0.490 e. The number of carboxylic acids is 1. The fourth-order valence-corrected chi connectivity index (χ4v) is 6.09. The normalized spacial score (nSPS) is 25.2. The molecule has 0 unspecified atom stereocenters. The molecule has 0 amide bonds. The highest BCUT2D eigenvalue weighted by atomic mass is 19.1. The molecule has 1 aromatic rings. The summed E-state index contributed by atoms with van der Waals surface area (Å²) in [6.07, 6.45) is 6.47. The number of carboxylic acid groups (broad SMARTS) is 1. The van der Waals surface area contributed by atoms with Crippen molar-refractivity contribution in [3.63, 3.8) is 0 Å². The van der Waals surface area contributed by atoms with Gasteiger partial charge in [0.15, 0.2) is 17.2 Å². The van der Waals surface area contributed by atoms with E-state index in [4.69, 9.17) is 9.57 Å². The van der Waals surface area contributed by atoms with Crippen molar-refractivity contribution in [1.29, 1.82) is 0 Å². The second kappa shape index (κ2) is 8.36. The number of amidine groups is 1. The Bertz CT molecular complexity index is 1050. The number of ether oxygens (including phenoxy) is 1. The van der Waals surface area contributed by atoms with E-state index >= 15 is 4.39 Å². The molecule has 0 radical (unpaired) electrons. The fourth-order valence-electron chi connectivity index (χ4n) is 6.09. The molecule has 1 aromatic carbocycles. The monoisotopic (exact) mass is 485 g/mol. The average molecular weight is 486 g/mol. The molecule has 2 saturated carbocycles. The molecule has 3 aliphatic heterocycles. The molecule has 3 heterocycles. The Kier molecular flexibility index (Phi) is 5.51. The fraction of sp³-hybridized carbons (Fsp3) is 0.704. The quantitative estimate of drug-likeness (QED) is 0.615. The maximum Gasteiger partial charge on any atom is 0.309 e. The summed E-state index contributed by atoms with van der Waals surface area (Å²) in [6.45, 7) is 7.73. The van der Waals surface area contributed by atoms with E-state index in [1.165, 1.54) is 5.56 Å². The first-order chi connectivity index (χ1) is 16.8. The summed E-state index contributed by atoms with van der Waals surface area (Å²) in [5.74, 6) is 1.42. The first kappa shape index (κ1) is 23.1. The molecule has 4 fully saturated rings. The second-order valence-electron chi connectivity index (χ2n) is 11.6. The third-order valence-corrected chi connectivity index (χ3v) is 8.65. The minimum atomic E-state index is -0.717. The van der Waals surface area contributed by atoms with Crippen molar-refractivity contribution >= 4 is 11.8 Å². The summed E-state index contributed by atoms with van der Waals surface area (Å²) >= 11 is 0. The van der Waals surface area contributed by atoms with E-state index in [0.29, 0.717) is 56.7 Å². The number of piperidine rings is 1. The van der Waals surface area contributed by atoms with Crippen molar-refractivity contribution in [3.8, 4) is 5.75 Å². The zero-order chi connectivity index (χ0) is 24.4. The lowest BCUT2D eigenvalue weighted by Crippen LogP contribution is -2.61. The van der Waals surface area contributed by atoms with Crippen LogP contribution in [0.5, 0.6) is 5.75 Å². The maximum absolute atomic E-state index is 15.7. The Hall–Kier alpha value is -2.35. The molecule has 1 spiro atoms. The van der Waals surface area contributed by atoms with Gasteiger partial charge < -0.3 is 19.6 Å². The Labute approximate surface area is 206 Å². The lowest BCUT2D eigenvalue weighted by atomic mass is 9.80. The van der Waals surface area contributed by atoms with Crippen LogP contribution in [0.4, 0.5) is 4.39 Å². The van der Waals surface area contributed by atoms with E-state index in [1.54, 1.807) is 0 Å². The van der Waals surface area contributed by atoms with Crippen LogP contribution < -0.4 is 4.74 Å². The van der Waals surface area contributed by atoms with Gasteiger partial charge in [-0.15, -0.1) is 0 Å². The lowest BCUT2D eigenvalue weighted by molar-refractivity contribution is -0.150. The summed E-state index contributed by atoms with van der Waals surface area (Å²) in [4.78, 5) is 21.9. The summed E-state index contributed by atoms with van der Waals surface area (Å²) in [5, 5.41) is 13.9. The van der Waals surface area contributed by atoms with Gasteiger partial charge in [-0.05, 0) is 75.3 Å². The molecule has 0 atom stereocenters. The van der Waals surface area contributed by atoms with Crippen LogP contribution in [0.3, 0.4) is 0 Å². The molecule has 0 bridgehead atoms. The molecule has 7 nitrogen and oxygen atoms in total. The molecule has 35 heavy (non-hydrogen) atoms. The topological polar surface area (TPSA) is 74.6 Å². The van der Waals surface area contributed by atoms with Gasteiger partial charge in [0.1, 0.15) is 5.84 Å². The number of carbonyl (C=O) groups is 1. The predicted octanol–water partition coefficient (Wildman–Crippen LogP) is 4.45. The van der Waals surface area contributed by atoms with E-state index in [1.807, 2.05) is 13.8 Å². The first-order valence-corrected chi connectivity index (χ1v) is 13.2. The average Bonchev–Trinajstić information content (AvgIpc) is 3.74. The van der Waals surface area contributed by atoms with Crippen molar-refractivity contribution in [2.75, 3.05) is 32.8 Å². The Morgan fingerprint density at radius 3 is 2.51 bits per heavy atom. The largest absolute Gasteiger partial charge is 0.490 e. The van der Waals surface area contributed by atoms with E-state index in [9.17, 15) is 9.90 Å². The van der Waals surface area contributed by atoms with Gasteiger partial charge in [0.05, 0.1) is 18.4 Å². The molecule has 6 rings (SSSR count). The number of aliphatic carboxylic acids is 1. The van der Waals surface area contributed by atoms with Crippen molar-refractivity contribution in [1.82, 2.24) is 9.80 Å². The molecular weight excluding hydrogens is 449 g/mol. The molecule has 8 heteroatoms. The van der Waals surface area contributed by atoms with Crippen LogP contribution in [0.2, 0.25) is 0 Å². The number of hydrogen-bond acceptors (Lipinski definition) is 6. The zero-order valence-electron chi connectivity index (χ0n) is 20.8. The maximum atomic E-state index is 15.7. The van der Waals surface area contributed by atoms with E-state index in [0.717, 1.165) is 62.2 Å². The number of oxime groups is 1. The van der Waals surface area contributed by atoms with Crippen LogP contribution in [0, 0.1) is 11.2 Å². The van der Waals surface area contributed by atoms with Gasteiger partial charge in [-0.25, -0.2) is 4.39 Å². The van der Waals surface area contributed by atoms with Crippen molar-refractivity contribution in [2.45, 2.75) is 82.8 Å². The molecular formula is C27H36FN3O4. The standard InChI is InChI=1S/C27H36FN3O4/c1-3-34-24-19(12-20(17-4-5-17)22(23(24)28)18-6-7-18)14-30-15-27(16-30)13-21(29-35-27)31-10-8-26(2,9-11-31)25(32)33/h12,17-18H,3-11,13-16H2,1-2H3,(H,32,33). The lowest BCUT2D eigenvalue weighted by Gasteiger charge is -2.46. The van der Waals surface area contributed by atoms with E-state index < -0.39 is 11.4 Å². The van der Waals surface area contributed by atoms with Gasteiger partial charge in [-0.3, -0.25) is 9.69 Å². The third kappa shape index (κ3) is 4.17. The van der Waals surface area contributed by atoms with Gasteiger partial charge in [-0.2, -0.15) is 0 Å². The summed E-state index contributed by atoms with van der Waals surface area (Å²) < 4.78 is 21.5. The highest BCUT2D eigenvalue weighted by molar-refractivity contribution is 5.85. The van der Waals surface area contributed by atoms with Crippen molar-refractivity contribution < 1.29 is 23.9 Å². The predicted molar refractivity (Wildman–Crippen MR) is 129 cm³/mol. The van der Waals surface area contributed by atoms with Crippen LogP contribution >= 0.6 is 0 Å². The highest BCUT2D eigenvalue weighted by Gasteiger charge is 2.51. The second-order valence-corrected chi connectivity index (χ2v) is 11.6. The number of nitrogens with zero attached hydrogens (tertiary/aromatic N) is 3. The summed E-state index contributed by atoms with van der Waals surface area (Å²) in [5.41, 5.74) is 2.13. The third-order valence-electron chi connectivity index (χ3n) is 8.65. The van der Waals surface area contributed by atoms with Gasteiger partial charge in [0, 0.05) is 38.3 Å². The van der Waals surface area contributed by atoms with Gasteiger partial charge >= 0.3 is 5.97 Å². The summed E-state index contributed by atoms with van der Waals surface area (Å²) in [6, 6.07) is 2.23. The van der Waals surface area contributed by atoms with Crippen molar-refractivity contribution in [2.24, 2.45) is 10.6 Å². The number of likely N-dealkylation sites (tertiary alicyclic amines) is 2. The van der Waals surface area contributed by atoms with E-state index in [2.05, 4.69) is 21.0 Å². The number of halogens is 1. The number of rotatable bonds is 7. The molecule has 1 N–H and O–H groups in total. The minimum absolute atomic E-state index is 0.120. The van der Waals surface area contributed by atoms with Crippen LogP contribution in [0.1, 0.15) is 87.3 Å². The highest BCUT2D eigenvalue weighted by Crippen LogP contribution is 2.52. The van der Waals surface area contributed by atoms with Crippen LogP contribution in [0.25, 0.3) is 0 Å². The molecule has 2 saturated heterocycles. The van der Waals surface area contributed by atoms with Crippen molar-refractivity contribution in [3.05, 3.63) is 28.6 Å². The smallest absolute Gasteiger partial charge is 0.309 e. The van der Waals surface area contributed by atoms with Gasteiger partial charge in [-0.1, -0.05) is 11.2 Å². The van der Waals surface area contributed by atoms with Crippen LogP contribution in [0.15, 0.2) is 11.2 Å². The van der Waals surface area contributed by atoms with Crippen LogP contribution in [-0.4, -0.2) is 65.1 Å². The SMILES string of the molecule is CCOc1c(CN2CC3(CC(N4CCC(C)(C(=O)O)CC4)=NO3)C2)cc(C2CC2)c(C2CC2)c1F. The van der Waals surface area contributed by atoms with Crippen LogP contribution in [-0.2, 0) is 16.2 Å².